The molecule has 1 fully saturated rings. The molecule has 0 aromatic carbocycles. The summed E-state index contributed by atoms with van der Waals surface area (Å²) >= 11 is -0.940. The number of pyridine rings is 1. The number of rotatable bonds is 3. The first-order valence-corrected chi connectivity index (χ1v) is 12.0. The molecule has 0 atom stereocenters. The van der Waals surface area contributed by atoms with Crippen LogP contribution in [0.4, 0.5) is 5.82 Å². The van der Waals surface area contributed by atoms with Gasteiger partial charge in [-0.25, -0.2) is 0 Å². The van der Waals surface area contributed by atoms with Gasteiger partial charge in [-0.2, -0.15) is 0 Å². The molecule has 0 bridgehead atoms. The molecule has 1 aliphatic rings. The van der Waals surface area contributed by atoms with Gasteiger partial charge in [-0.1, -0.05) is 0 Å². The Hall–Kier alpha value is -1.74. The van der Waals surface area contributed by atoms with Crippen LogP contribution in [0.1, 0.15) is 20.8 Å². The van der Waals surface area contributed by atoms with Crippen LogP contribution in [-0.2, 0) is 11.8 Å². The monoisotopic (exact) mass is 472 g/mol. The van der Waals surface area contributed by atoms with Gasteiger partial charge in [-0.15, -0.1) is 0 Å². The molecule has 140 valence electrons. The first kappa shape index (κ1) is 18.6. The number of anilines is 1. The van der Waals surface area contributed by atoms with Crippen LogP contribution in [0.25, 0.3) is 22.6 Å². The van der Waals surface area contributed by atoms with E-state index in [1.165, 1.54) is 0 Å². The third-order valence-corrected chi connectivity index (χ3v) is 7.85. The Bertz CT molecular complexity index is 944. The topological polar surface area (TPSA) is 69.0 Å². The predicted octanol–water partition coefficient (Wildman–Crippen LogP) is 1.81. The molecule has 0 N–H and O–H groups in total. The molecule has 3 aromatic heterocycles. The number of fused-ring (bicyclic) bond motifs is 1. The van der Waals surface area contributed by atoms with E-state index in [4.69, 9.17) is 19.7 Å². The second kappa shape index (κ2) is 7.35. The van der Waals surface area contributed by atoms with Crippen molar-refractivity contribution in [3.8, 4) is 11.4 Å². The summed E-state index contributed by atoms with van der Waals surface area (Å²) in [6.07, 6.45) is 3.59. The van der Waals surface area contributed by atoms with E-state index in [1.54, 1.807) is 12.4 Å². The first-order chi connectivity index (χ1) is 12.9. The molecule has 0 aliphatic carbocycles. The van der Waals surface area contributed by atoms with Gasteiger partial charge in [0.05, 0.1) is 0 Å². The number of hydrogen-bond acceptors (Lipinski definition) is 6. The molecule has 27 heavy (non-hydrogen) atoms. The van der Waals surface area contributed by atoms with Crippen LogP contribution in [-0.4, -0.2) is 71.9 Å². The van der Waals surface area contributed by atoms with Crippen molar-refractivity contribution in [2.75, 3.05) is 31.2 Å². The van der Waals surface area contributed by atoms with E-state index in [9.17, 15) is 0 Å². The van der Waals surface area contributed by atoms with Gasteiger partial charge in [0, 0.05) is 0 Å². The Morgan fingerprint density at radius 2 is 1.74 bits per heavy atom. The molecule has 4 heterocycles. The van der Waals surface area contributed by atoms with Gasteiger partial charge < -0.3 is 0 Å². The summed E-state index contributed by atoms with van der Waals surface area (Å²) in [5, 5.41) is 0. The molecule has 1 saturated heterocycles. The maximum atomic E-state index is 5.54. The van der Waals surface area contributed by atoms with Crippen LogP contribution in [0.2, 0.25) is 3.43 Å². The number of hydrogen-bond donors (Lipinski definition) is 0. The predicted molar refractivity (Wildman–Crippen MR) is 108 cm³/mol. The van der Waals surface area contributed by atoms with Crippen molar-refractivity contribution in [2.24, 2.45) is 7.05 Å². The summed E-state index contributed by atoms with van der Waals surface area (Å²) in [5.41, 5.74) is 2.83. The molecule has 2 radical (unpaired) electrons. The Balaban J connectivity index is 1.89. The first-order valence-electron chi connectivity index (χ1n) is 9.18. The van der Waals surface area contributed by atoms with E-state index in [0.717, 1.165) is 58.5 Å². The van der Waals surface area contributed by atoms with Gasteiger partial charge >= 0.3 is 170 Å². The van der Waals surface area contributed by atoms with Crippen molar-refractivity contribution in [3.05, 3.63) is 24.5 Å². The average molecular weight is 471 g/mol. The summed E-state index contributed by atoms with van der Waals surface area (Å²) in [6.45, 7) is 9.99. The second-order valence-electron chi connectivity index (χ2n) is 7.75. The number of ether oxygens (including phenoxy) is 1. The van der Waals surface area contributed by atoms with Crippen LogP contribution < -0.4 is 8.74 Å². The summed E-state index contributed by atoms with van der Waals surface area (Å²) < 4.78 is 8.94. The van der Waals surface area contributed by atoms with Gasteiger partial charge in [0.1, 0.15) is 0 Å². The fourth-order valence-electron chi connectivity index (χ4n) is 3.19. The zero-order valence-electron chi connectivity index (χ0n) is 16.2. The molecular weight excluding hydrogens is 447 g/mol. The van der Waals surface area contributed by atoms with Crippen LogP contribution >= 0.6 is 0 Å². The molecule has 0 spiro atoms. The Kier molecular flexibility index (Phi) is 5.07. The molecule has 0 saturated carbocycles. The van der Waals surface area contributed by atoms with E-state index in [0.29, 0.717) is 0 Å². The molecular formula is C19H24N6OSn. The van der Waals surface area contributed by atoms with Crippen LogP contribution in [0, 0.1) is 0 Å². The maximum absolute atomic E-state index is 5.54. The van der Waals surface area contributed by atoms with Gasteiger partial charge in [-0.05, 0) is 0 Å². The molecule has 4 rings (SSSR count). The van der Waals surface area contributed by atoms with Crippen molar-refractivity contribution in [2.45, 2.75) is 24.2 Å². The van der Waals surface area contributed by atoms with Crippen LogP contribution in [0.3, 0.4) is 0 Å². The average Bonchev–Trinajstić information content (AvgIpc) is 2.98. The van der Waals surface area contributed by atoms with E-state index in [-0.39, 0.29) is 3.43 Å². The normalized spacial score (nSPS) is 15.5. The molecule has 8 heteroatoms. The molecule has 7 nitrogen and oxygen atoms in total. The number of nitrogens with zero attached hydrogens (tertiary/aromatic N) is 6. The van der Waals surface area contributed by atoms with Crippen molar-refractivity contribution in [3.63, 3.8) is 0 Å². The van der Waals surface area contributed by atoms with Crippen molar-refractivity contribution >= 4 is 42.0 Å². The SMILES string of the molecule is Cn1c(-c2ccncc2)nc2c(N3CCOCC3)n[c]([Sn][C](C)(C)C)nc21. The summed E-state index contributed by atoms with van der Waals surface area (Å²) in [5.74, 6) is 1.86. The molecule has 1 aliphatic heterocycles. The minimum atomic E-state index is -0.940. The zero-order valence-corrected chi connectivity index (χ0v) is 19.1. The number of aromatic nitrogens is 5. The van der Waals surface area contributed by atoms with Gasteiger partial charge in [0.25, 0.3) is 0 Å². The van der Waals surface area contributed by atoms with Crippen LogP contribution in [0.15, 0.2) is 24.5 Å². The Morgan fingerprint density at radius 1 is 1.04 bits per heavy atom. The van der Waals surface area contributed by atoms with Crippen molar-refractivity contribution in [1.29, 1.82) is 0 Å². The zero-order chi connectivity index (χ0) is 19.0. The van der Waals surface area contributed by atoms with E-state index < -0.39 is 21.1 Å². The number of morpholine rings is 1. The summed E-state index contributed by atoms with van der Waals surface area (Å²) in [6, 6.07) is 3.96. The fourth-order valence-corrected chi connectivity index (χ4v) is 6.03. The van der Waals surface area contributed by atoms with Gasteiger partial charge in [-0.3, -0.25) is 0 Å². The molecule has 0 unspecified atom stereocenters. The van der Waals surface area contributed by atoms with E-state index in [1.807, 2.05) is 19.2 Å². The third kappa shape index (κ3) is 3.94. The van der Waals surface area contributed by atoms with Crippen molar-refractivity contribution in [1.82, 2.24) is 24.5 Å². The summed E-state index contributed by atoms with van der Waals surface area (Å²) in [7, 11) is 2.03. The third-order valence-electron chi connectivity index (χ3n) is 4.44. The van der Waals surface area contributed by atoms with Crippen LogP contribution in [0.5, 0.6) is 0 Å². The number of imidazole rings is 1. The van der Waals surface area contributed by atoms with Gasteiger partial charge in [0.2, 0.25) is 0 Å². The minimum absolute atomic E-state index is 0.284. The number of aryl methyl sites for hydroxylation is 1. The van der Waals surface area contributed by atoms with E-state index in [2.05, 4.69) is 35.2 Å². The Morgan fingerprint density at radius 3 is 2.41 bits per heavy atom. The van der Waals surface area contributed by atoms with Crippen molar-refractivity contribution < 1.29 is 4.74 Å². The fraction of sp³-hybridized carbons (Fsp3) is 0.474. The molecule has 0 amide bonds. The summed E-state index contributed by atoms with van der Waals surface area (Å²) in [4.78, 5) is 21.3. The molecule has 3 aromatic rings. The Labute approximate surface area is 169 Å². The van der Waals surface area contributed by atoms with Gasteiger partial charge in [0.15, 0.2) is 0 Å². The van der Waals surface area contributed by atoms with E-state index >= 15 is 0 Å². The standard InChI is InChI=1S/C15H15N6O.C4H9.Sn/c1-20-13(11-2-4-16-5-3-11)19-12-14(20)17-10-18-15(12)21-6-8-22-9-7-21;1-4(2)3;/h2-5H,6-9H2,1H3;1-3H3;. The second-order valence-corrected chi connectivity index (χ2v) is 14.0. The quantitative estimate of drug-likeness (QED) is 0.544.